The number of aromatic amines is 2. The first-order valence-electron chi connectivity index (χ1n) is 9.38. The van der Waals surface area contributed by atoms with Crippen molar-refractivity contribution in [2.24, 2.45) is 0 Å². The van der Waals surface area contributed by atoms with Gasteiger partial charge in [0.15, 0.2) is 5.78 Å². The van der Waals surface area contributed by atoms with Crippen LogP contribution in [0.2, 0.25) is 0 Å². The molecular formula is C20H22N4O3S. The molecule has 0 saturated heterocycles. The van der Waals surface area contributed by atoms with E-state index in [9.17, 15) is 14.4 Å². The van der Waals surface area contributed by atoms with Crippen LogP contribution >= 0.6 is 11.3 Å². The number of aromatic nitrogens is 3. The summed E-state index contributed by atoms with van der Waals surface area (Å²) in [6.07, 6.45) is 2.50. The Hall–Kier alpha value is -2.74. The Morgan fingerprint density at radius 3 is 2.75 bits per heavy atom. The number of fused-ring (bicyclic) bond motifs is 2. The van der Waals surface area contributed by atoms with Crippen molar-refractivity contribution >= 4 is 33.2 Å². The maximum Gasteiger partial charge on any atom is 0.259 e. The summed E-state index contributed by atoms with van der Waals surface area (Å²) in [5.74, 6) is 0.301. The summed E-state index contributed by atoms with van der Waals surface area (Å²) in [7, 11) is 0. The molecule has 146 valence electrons. The van der Waals surface area contributed by atoms with Crippen LogP contribution < -0.4 is 10.9 Å². The maximum absolute atomic E-state index is 12.7. The minimum absolute atomic E-state index is 0.0237. The van der Waals surface area contributed by atoms with Gasteiger partial charge in [0, 0.05) is 35.7 Å². The van der Waals surface area contributed by atoms with Gasteiger partial charge in [0.2, 0.25) is 0 Å². The Labute approximate surface area is 165 Å². The van der Waals surface area contributed by atoms with E-state index >= 15 is 0 Å². The monoisotopic (exact) mass is 398 g/mol. The first-order chi connectivity index (χ1) is 13.4. The molecule has 3 N–H and O–H groups in total. The predicted molar refractivity (Wildman–Crippen MR) is 109 cm³/mol. The molecule has 0 radical (unpaired) electrons. The molecule has 8 heteroatoms. The van der Waals surface area contributed by atoms with E-state index in [1.807, 2.05) is 20.8 Å². The third-order valence-corrected chi connectivity index (χ3v) is 6.44. The molecule has 1 aliphatic rings. The molecule has 1 aliphatic carbocycles. The van der Waals surface area contributed by atoms with Gasteiger partial charge in [0.25, 0.3) is 11.5 Å². The van der Waals surface area contributed by atoms with Crippen molar-refractivity contribution in [2.45, 2.75) is 46.5 Å². The highest BCUT2D eigenvalue weighted by Gasteiger charge is 2.28. The Bertz CT molecular complexity index is 1170. The van der Waals surface area contributed by atoms with E-state index in [4.69, 9.17) is 0 Å². The van der Waals surface area contributed by atoms with Gasteiger partial charge in [-0.2, -0.15) is 0 Å². The highest BCUT2D eigenvalue weighted by atomic mass is 32.1. The number of carbonyl (C=O) groups is 2. The van der Waals surface area contributed by atoms with Gasteiger partial charge in [-0.15, -0.1) is 11.3 Å². The van der Waals surface area contributed by atoms with Crippen molar-refractivity contribution in [3.63, 3.8) is 0 Å². The number of carbonyl (C=O) groups excluding carboxylic acids is 2. The summed E-state index contributed by atoms with van der Waals surface area (Å²) in [4.78, 5) is 49.6. The SMILES string of the molecule is Cc1[nH]c2c(c1C(=O)NCCc1nc3sc(C)c(C)c3c(=O)[nH]1)C(=O)CCC2. The van der Waals surface area contributed by atoms with Crippen LogP contribution in [0.25, 0.3) is 10.2 Å². The van der Waals surface area contributed by atoms with Crippen LogP contribution in [0.4, 0.5) is 0 Å². The quantitative estimate of drug-likeness (QED) is 0.628. The van der Waals surface area contributed by atoms with E-state index in [1.165, 1.54) is 11.3 Å². The van der Waals surface area contributed by atoms with E-state index < -0.39 is 0 Å². The summed E-state index contributed by atoms with van der Waals surface area (Å²) < 4.78 is 0. The zero-order valence-corrected chi connectivity index (χ0v) is 16.9. The van der Waals surface area contributed by atoms with E-state index in [-0.39, 0.29) is 17.2 Å². The predicted octanol–water partition coefficient (Wildman–Crippen LogP) is 2.73. The second-order valence-electron chi connectivity index (χ2n) is 7.24. The third kappa shape index (κ3) is 3.07. The highest BCUT2D eigenvalue weighted by Crippen LogP contribution is 2.27. The Kier molecular flexibility index (Phi) is 4.66. The average Bonchev–Trinajstić information content (AvgIpc) is 3.12. The molecule has 0 atom stereocenters. The molecule has 0 fully saturated rings. The molecule has 1 amide bonds. The second-order valence-corrected chi connectivity index (χ2v) is 8.44. The van der Waals surface area contributed by atoms with Gasteiger partial charge in [0.05, 0.1) is 16.5 Å². The van der Waals surface area contributed by atoms with Gasteiger partial charge >= 0.3 is 0 Å². The lowest BCUT2D eigenvalue weighted by atomic mass is 9.93. The number of hydrogen-bond acceptors (Lipinski definition) is 5. The standard InChI is InChI=1S/C20H22N4O3S/c1-9-11(3)28-20-15(9)19(27)23-14(24-20)7-8-21-18(26)16-10(2)22-12-5-4-6-13(25)17(12)16/h22H,4-8H2,1-3H3,(H,21,26)(H,23,24,27). The fourth-order valence-electron chi connectivity index (χ4n) is 3.82. The molecule has 3 aromatic heterocycles. The number of thiophene rings is 1. The molecule has 0 aromatic carbocycles. The third-order valence-electron chi connectivity index (χ3n) is 5.34. The van der Waals surface area contributed by atoms with E-state index in [2.05, 4.69) is 20.3 Å². The van der Waals surface area contributed by atoms with E-state index in [0.717, 1.165) is 39.5 Å². The van der Waals surface area contributed by atoms with Crippen LogP contribution in [-0.4, -0.2) is 33.2 Å². The lowest BCUT2D eigenvalue weighted by Crippen LogP contribution is -2.28. The van der Waals surface area contributed by atoms with Crippen molar-refractivity contribution in [3.05, 3.63) is 49.1 Å². The number of H-pyrrole nitrogens is 2. The van der Waals surface area contributed by atoms with Gasteiger partial charge in [-0.25, -0.2) is 4.98 Å². The minimum Gasteiger partial charge on any atom is -0.361 e. The molecule has 7 nitrogen and oxygen atoms in total. The Morgan fingerprint density at radius 1 is 1.18 bits per heavy atom. The van der Waals surface area contributed by atoms with Crippen LogP contribution in [0.15, 0.2) is 4.79 Å². The topological polar surface area (TPSA) is 108 Å². The summed E-state index contributed by atoms with van der Waals surface area (Å²) in [6, 6.07) is 0. The molecule has 3 aromatic rings. The summed E-state index contributed by atoms with van der Waals surface area (Å²) in [6.45, 7) is 6.04. The second kappa shape index (κ2) is 7.01. The van der Waals surface area contributed by atoms with Gasteiger partial charge < -0.3 is 15.3 Å². The zero-order chi connectivity index (χ0) is 20.0. The number of aryl methyl sites for hydroxylation is 4. The van der Waals surface area contributed by atoms with Crippen molar-refractivity contribution in [1.82, 2.24) is 20.3 Å². The molecule has 0 spiro atoms. The van der Waals surface area contributed by atoms with Crippen LogP contribution in [-0.2, 0) is 12.8 Å². The molecular weight excluding hydrogens is 376 g/mol. The number of rotatable bonds is 4. The molecule has 0 aliphatic heterocycles. The molecule has 3 heterocycles. The number of Topliss-reactive ketones (excluding diaryl/α,β-unsaturated/α-hetero) is 1. The Balaban J connectivity index is 1.50. The van der Waals surface area contributed by atoms with E-state index in [1.54, 1.807) is 0 Å². The smallest absolute Gasteiger partial charge is 0.259 e. The van der Waals surface area contributed by atoms with Crippen molar-refractivity contribution in [2.75, 3.05) is 6.54 Å². The fourth-order valence-corrected chi connectivity index (χ4v) is 4.87. The number of amides is 1. The Morgan fingerprint density at radius 2 is 1.96 bits per heavy atom. The largest absolute Gasteiger partial charge is 0.361 e. The van der Waals surface area contributed by atoms with Gasteiger partial charge in [-0.3, -0.25) is 14.4 Å². The number of ketones is 1. The van der Waals surface area contributed by atoms with Crippen LogP contribution in [0.1, 0.15) is 61.2 Å². The summed E-state index contributed by atoms with van der Waals surface area (Å²) in [5, 5.41) is 3.50. The fraction of sp³-hybridized carbons (Fsp3) is 0.400. The number of hydrogen-bond donors (Lipinski definition) is 3. The van der Waals surface area contributed by atoms with Gasteiger partial charge in [-0.05, 0) is 39.2 Å². The zero-order valence-electron chi connectivity index (χ0n) is 16.1. The lowest BCUT2D eigenvalue weighted by Gasteiger charge is -2.12. The van der Waals surface area contributed by atoms with Gasteiger partial charge in [-0.1, -0.05) is 0 Å². The average molecular weight is 398 g/mol. The van der Waals surface area contributed by atoms with E-state index in [0.29, 0.717) is 41.7 Å². The number of nitrogens with zero attached hydrogens (tertiary/aromatic N) is 1. The summed E-state index contributed by atoms with van der Waals surface area (Å²) in [5.41, 5.74) is 3.38. The highest BCUT2D eigenvalue weighted by molar-refractivity contribution is 7.18. The molecule has 28 heavy (non-hydrogen) atoms. The molecule has 0 saturated carbocycles. The van der Waals surface area contributed by atoms with Gasteiger partial charge in [0.1, 0.15) is 10.7 Å². The lowest BCUT2D eigenvalue weighted by molar-refractivity contribution is 0.0928. The van der Waals surface area contributed by atoms with Crippen LogP contribution in [0, 0.1) is 20.8 Å². The van der Waals surface area contributed by atoms with Crippen molar-refractivity contribution in [1.29, 1.82) is 0 Å². The first kappa shape index (κ1) is 18.6. The van der Waals surface area contributed by atoms with Crippen molar-refractivity contribution < 1.29 is 9.59 Å². The molecule has 0 unspecified atom stereocenters. The minimum atomic E-state index is -0.267. The van der Waals surface area contributed by atoms with Crippen molar-refractivity contribution in [3.8, 4) is 0 Å². The number of nitrogens with one attached hydrogen (secondary N) is 3. The normalized spacial score (nSPS) is 13.8. The molecule has 0 bridgehead atoms. The summed E-state index contributed by atoms with van der Waals surface area (Å²) >= 11 is 1.50. The first-order valence-corrected chi connectivity index (χ1v) is 10.2. The van der Waals surface area contributed by atoms with Crippen LogP contribution in [0.3, 0.4) is 0 Å². The van der Waals surface area contributed by atoms with Crippen LogP contribution in [0.5, 0.6) is 0 Å². The molecule has 4 rings (SSSR count). The maximum atomic E-state index is 12.7.